The number of nitrogens with one attached hydrogen (secondary N) is 1. The normalized spacial score (nSPS) is 14.0. The summed E-state index contributed by atoms with van der Waals surface area (Å²) in [5.41, 5.74) is 1.48. The topological polar surface area (TPSA) is 82.6 Å². The summed E-state index contributed by atoms with van der Waals surface area (Å²) in [4.78, 5) is 12.0. The molecular formula is C20H25N3O4S. The van der Waals surface area contributed by atoms with E-state index in [0.717, 1.165) is 18.4 Å². The van der Waals surface area contributed by atoms with Gasteiger partial charge in [-0.2, -0.15) is 0 Å². The molecule has 1 fully saturated rings. The minimum atomic E-state index is 0.0485. The number of amides is 1. The van der Waals surface area contributed by atoms with Gasteiger partial charge in [0, 0.05) is 11.6 Å². The predicted molar refractivity (Wildman–Crippen MR) is 108 cm³/mol. The Labute approximate surface area is 169 Å². The van der Waals surface area contributed by atoms with Gasteiger partial charge in [0.25, 0.3) is 0 Å². The Morgan fingerprint density at radius 3 is 2.29 bits per heavy atom. The molecule has 1 N–H and O–H groups in total. The Balaban J connectivity index is 1.66. The first-order valence-electron chi connectivity index (χ1n) is 9.21. The van der Waals surface area contributed by atoms with E-state index in [2.05, 4.69) is 15.5 Å². The maximum atomic E-state index is 12.0. The number of thioether (sulfide) groups is 1. The fourth-order valence-electron chi connectivity index (χ4n) is 3.26. The van der Waals surface area contributed by atoms with Gasteiger partial charge in [-0.3, -0.25) is 4.79 Å². The summed E-state index contributed by atoms with van der Waals surface area (Å²) >= 11 is 1.38. The molecule has 0 radical (unpaired) electrons. The minimum Gasteiger partial charge on any atom is -0.493 e. The number of methoxy groups -OCH3 is 3. The van der Waals surface area contributed by atoms with E-state index in [1.807, 2.05) is 24.3 Å². The van der Waals surface area contributed by atoms with Crippen molar-refractivity contribution in [1.29, 1.82) is 0 Å². The molecule has 2 aromatic rings. The number of ether oxygens (including phenoxy) is 3. The molecule has 3 rings (SSSR count). The van der Waals surface area contributed by atoms with Crippen LogP contribution >= 0.6 is 11.8 Å². The summed E-state index contributed by atoms with van der Waals surface area (Å²) in [6.07, 6.45) is 4.57. The van der Waals surface area contributed by atoms with Crippen LogP contribution in [-0.4, -0.2) is 49.2 Å². The van der Waals surface area contributed by atoms with E-state index in [9.17, 15) is 4.79 Å². The highest BCUT2D eigenvalue weighted by atomic mass is 32.2. The van der Waals surface area contributed by atoms with E-state index in [-0.39, 0.29) is 5.91 Å². The number of carbonyl (C=O) groups is 1. The zero-order chi connectivity index (χ0) is 19.9. The Kier molecular flexibility index (Phi) is 6.97. The van der Waals surface area contributed by atoms with Crippen LogP contribution in [0.2, 0.25) is 0 Å². The van der Waals surface area contributed by atoms with Crippen LogP contribution in [0.15, 0.2) is 29.3 Å². The maximum Gasteiger partial charge on any atom is 0.230 e. The molecule has 0 spiro atoms. The quantitative estimate of drug-likeness (QED) is 0.677. The highest BCUT2D eigenvalue weighted by molar-refractivity contribution is 7.99. The van der Waals surface area contributed by atoms with Gasteiger partial charge in [0.2, 0.25) is 11.7 Å². The van der Waals surface area contributed by atoms with Gasteiger partial charge in [-0.15, -0.1) is 10.2 Å². The first-order valence-corrected chi connectivity index (χ1v) is 10.2. The summed E-state index contributed by atoms with van der Waals surface area (Å²) in [5.74, 6) is 2.03. The fraction of sp³-hybridized carbons (Fsp3) is 0.450. The lowest BCUT2D eigenvalue weighted by atomic mass is 10.1. The van der Waals surface area contributed by atoms with Gasteiger partial charge in [-0.25, -0.2) is 0 Å². The molecule has 150 valence electrons. The molecule has 1 aliphatic carbocycles. The first-order chi connectivity index (χ1) is 13.6. The van der Waals surface area contributed by atoms with Crippen molar-refractivity contribution in [3.63, 3.8) is 0 Å². The van der Waals surface area contributed by atoms with Crippen LogP contribution in [0.4, 0.5) is 0 Å². The third-order valence-corrected chi connectivity index (χ3v) is 5.59. The van der Waals surface area contributed by atoms with Crippen molar-refractivity contribution < 1.29 is 19.0 Å². The molecule has 1 saturated carbocycles. The highest BCUT2D eigenvalue weighted by Crippen LogP contribution is 2.40. The largest absolute Gasteiger partial charge is 0.493 e. The van der Waals surface area contributed by atoms with Crippen LogP contribution in [0.1, 0.15) is 25.7 Å². The molecule has 7 nitrogen and oxygen atoms in total. The summed E-state index contributed by atoms with van der Waals surface area (Å²) < 4.78 is 16.1. The molecule has 0 saturated heterocycles. The fourth-order valence-corrected chi connectivity index (χ4v) is 3.88. The zero-order valence-electron chi connectivity index (χ0n) is 16.4. The molecule has 1 aliphatic rings. The molecule has 28 heavy (non-hydrogen) atoms. The molecular weight excluding hydrogens is 378 g/mol. The number of hydrogen-bond acceptors (Lipinski definition) is 7. The van der Waals surface area contributed by atoms with Gasteiger partial charge in [0.15, 0.2) is 11.5 Å². The molecule has 0 bridgehead atoms. The summed E-state index contributed by atoms with van der Waals surface area (Å²) in [6.45, 7) is 0. The number of aromatic nitrogens is 2. The zero-order valence-corrected chi connectivity index (χ0v) is 17.2. The lowest BCUT2D eigenvalue weighted by Gasteiger charge is -2.14. The van der Waals surface area contributed by atoms with Crippen LogP contribution in [0.25, 0.3) is 11.3 Å². The first kappa shape index (κ1) is 20.3. The standard InChI is InChI=1S/C20H25N3O4S/c1-25-16-10-13(11-17(26-2)20(16)27-3)15-8-9-19(23-22-15)28-12-18(24)21-14-6-4-5-7-14/h8-11,14H,4-7,12H2,1-3H3,(H,21,24). The molecule has 1 aromatic carbocycles. The maximum absolute atomic E-state index is 12.0. The van der Waals surface area contributed by atoms with Gasteiger partial charge in [-0.1, -0.05) is 24.6 Å². The second-order valence-electron chi connectivity index (χ2n) is 6.51. The number of carbonyl (C=O) groups excluding carboxylic acids is 1. The van der Waals surface area contributed by atoms with E-state index in [0.29, 0.717) is 39.8 Å². The average Bonchev–Trinajstić information content (AvgIpc) is 3.24. The lowest BCUT2D eigenvalue weighted by Crippen LogP contribution is -2.33. The molecule has 0 aliphatic heterocycles. The number of benzene rings is 1. The SMILES string of the molecule is COc1cc(-c2ccc(SCC(=O)NC3CCCC3)nn2)cc(OC)c1OC. The number of nitrogens with zero attached hydrogens (tertiary/aromatic N) is 2. The van der Waals surface area contributed by atoms with Gasteiger partial charge < -0.3 is 19.5 Å². The third kappa shape index (κ3) is 4.86. The lowest BCUT2D eigenvalue weighted by molar-refractivity contribution is -0.119. The highest BCUT2D eigenvalue weighted by Gasteiger charge is 2.18. The predicted octanol–water partition coefficient (Wildman–Crippen LogP) is 3.32. The van der Waals surface area contributed by atoms with Gasteiger partial charge in [0.1, 0.15) is 5.03 Å². The Hall–Kier alpha value is -2.48. The third-order valence-electron chi connectivity index (χ3n) is 4.67. The van der Waals surface area contributed by atoms with Crippen molar-refractivity contribution in [2.75, 3.05) is 27.1 Å². The average molecular weight is 404 g/mol. The Morgan fingerprint density at radius 2 is 1.75 bits per heavy atom. The smallest absolute Gasteiger partial charge is 0.230 e. The van der Waals surface area contributed by atoms with Crippen molar-refractivity contribution >= 4 is 17.7 Å². The van der Waals surface area contributed by atoms with E-state index in [4.69, 9.17) is 14.2 Å². The molecule has 1 aromatic heterocycles. The minimum absolute atomic E-state index is 0.0485. The van der Waals surface area contributed by atoms with Gasteiger partial charge in [0.05, 0.1) is 32.8 Å². The Bertz CT molecular complexity index is 783. The van der Waals surface area contributed by atoms with Crippen LogP contribution < -0.4 is 19.5 Å². The molecule has 0 atom stereocenters. The van der Waals surface area contributed by atoms with Crippen molar-refractivity contribution in [3.05, 3.63) is 24.3 Å². The molecule has 1 heterocycles. The van der Waals surface area contributed by atoms with Gasteiger partial charge >= 0.3 is 0 Å². The van der Waals surface area contributed by atoms with Crippen LogP contribution in [0, 0.1) is 0 Å². The number of hydrogen-bond donors (Lipinski definition) is 1. The van der Waals surface area contributed by atoms with Crippen LogP contribution in [-0.2, 0) is 4.79 Å². The molecule has 8 heteroatoms. The van der Waals surface area contributed by atoms with E-state index >= 15 is 0 Å². The second-order valence-corrected chi connectivity index (χ2v) is 7.50. The summed E-state index contributed by atoms with van der Waals surface area (Å²) in [6, 6.07) is 7.71. The van der Waals surface area contributed by atoms with Gasteiger partial charge in [-0.05, 0) is 37.1 Å². The van der Waals surface area contributed by atoms with Crippen LogP contribution in [0.5, 0.6) is 17.2 Å². The van der Waals surface area contributed by atoms with Crippen LogP contribution in [0.3, 0.4) is 0 Å². The number of rotatable bonds is 8. The molecule has 1 amide bonds. The van der Waals surface area contributed by atoms with E-state index in [1.165, 1.54) is 24.6 Å². The van der Waals surface area contributed by atoms with E-state index in [1.54, 1.807) is 21.3 Å². The summed E-state index contributed by atoms with van der Waals surface area (Å²) in [5, 5.41) is 12.3. The second kappa shape index (κ2) is 9.64. The molecule has 0 unspecified atom stereocenters. The van der Waals surface area contributed by atoms with E-state index < -0.39 is 0 Å². The van der Waals surface area contributed by atoms with Crippen molar-refractivity contribution in [2.24, 2.45) is 0 Å². The summed E-state index contributed by atoms with van der Waals surface area (Å²) in [7, 11) is 4.71. The van der Waals surface area contributed by atoms with Crippen molar-refractivity contribution in [1.82, 2.24) is 15.5 Å². The van der Waals surface area contributed by atoms with Crippen molar-refractivity contribution in [2.45, 2.75) is 36.8 Å². The monoisotopic (exact) mass is 403 g/mol. The van der Waals surface area contributed by atoms with Crippen molar-refractivity contribution in [3.8, 4) is 28.5 Å². The Morgan fingerprint density at radius 1 is 1.07 bits per heavy atom.